The first-order chi connectivity index (χ1) is 12.5. The zero-order valence-electron chi connectivity index (χ0n) is 15.4. The van der Waals surface area contributed by atoms with Crippen molar-refractivity contribution in [2.75, 3.05) is 6.61 Å². The summed E-state index contributed by atoms with van der Waals surface area (Å²) in [6.07, 6.45) is 1.04. The van der Waals surface area contributed by atoms with Crippen LogP contribution in [0.25, 0.3) is 22.6 Å². The quantitative estimate of drug-likeness (QED) is 0.518. The molecule has 3 aromatic rings. The number of benzene rings is 2. The molecule has 4 heteroatoms. The van der Waals surface area contributed by atoms with Crippen LogP contribution in [-0.2, 0) is 0 Å². The molecule has 3 rings (SSSR count). The summed E-state index contributed by atoms with van der Waals surface area (Å²) in [5.74, 6) is 2.23. The van der Waals surface area contributed by atoms with Crippen LogP contribution in [0, 0.1) is 5.92 Å². The normalized spacial score (nSPS) is 10.9. The number of hydrogen-bond donors (Lipinski definition) is 0. The van der Waals surface area contributed by atoms with Crippen LogP contribution in [0.5, 0.6) is 5.75 Å². The van der Waals surface area contributed by atoms with Crippen molar-refractivity contribution in [3.05, 3.63) is 60.2 Å². The van der Waals surface area contributed by atoms with E-state index in [1.807, 2.05) is 42.5 Å². The van der Waals surface area contributed by atoms with Gasteiger partial charge in [0.25, 0.3) is 0 Å². The molecule has 26 heavy (non-hydrogen) atoms. The van der Waals surface area contributed by atoms with Crippen LogP contribution >= 0.6 is 0 Å². The minimum atomic E-state index is 0.0492. The van der Waals surface area contributed by atoms with E-state index in [2.05, 4.69) is 19.0 Å². The summed E-state index contributed by atoms with van der Waals surface area (Å²) in [5, 5.41) is 4.14. The standard InChI is InChI=1S/C22H23NO3/c1-15(2)12-13-25-20-10-8-19(9-11-20)22-14-21(23-26-22)18-6-4-17(5-7-18)16(3)24/h4-11,14-15H,12-13H2,1-3H3. The summed E-state index contributed by atoms with van der Waals surface area (Å²) >= 11 is 0. The predicted molar refractivity (Wildman–Crippen MR) is 102 cm³/mol. The topological polar surface area (TPSA) is 52.3 Å². The Morgan fingerprint density at radius 2 is 1.69 bits per heavy atom. The molecule has 0 aliphatic heterocycles. The first-order valence-electron chi connectivity index (χ1n) is 8.84. The number of aromatic nitrogens is 1. The van der Waals surface area contributed by atoms with E-state index in [0.29, 0.717) is 17.2 Å². The Balaban J connectivity index is 1.70. The van der Waals surface area contributed by atoms with Crippen LogP contribution in [0.3, 0.4) is 0 Å². The second kappa shape index (κ2) is 8.00. The second-order valence-electron chi connectivity index (χ2n) is 6.77. The highest BCUT2D eigenvalue weighted by molar-refractivity contribution is 5.94. The van der Waals surface area contributed by atoms with Crippen molar-refractivity contribution in [1.82, 2.24) is 5.16 Å². The number of ether oxygens (including phenoxy) is 1. The highest BCUT2D eigenvalue weighted by Crippen LogP contribution is 2.27. The summed E-state index contributed by atoms with van der Waals surface area (Å²) in [6, 6.07) is 17.1. The van der Waals surface area contributed by atoms with Gasteiger partial charge in [-0.3, -0.25) is 4.79 Å². The molecule has 0 spiro atoms. The van der Waals surface area contributed by atoms with Crippen molar-refractivity contribution in [2.45, 2.75) is 27.2 Å². The Morgan fingerprint density at radius 1 is 1.04 bits per heavy atom. The summed E-state index contributed by atoms with van der Waals surface area (Å²) in [4.78, 5) is 11.4. The molecular weight excluding hydrogens is 326 g/mol. The molecule has 2 aromatic carbocycles. The maximum Gasteiger partial charge on any atom is 0.167 e. The van der Waals surface area contributed by atoms with Gasteiger partial charge in [0.2, 0.25) is 0 Å². The first-order valence-corrected chi connectivity index (χ1v) is 8.84. The van der Waals surface area contributed by atoms with Crippen LogP contribution in [0.2, 0.25) is 0 Å². The third-order valence-corrected chi connectivity index (χ3v) is 4.20. The van der Waals surface area contributed by atoms with Crippen LogP contribution in [-0.4, -0.2) is 17.5 Å². The molecule has 0 aliphatic rings. The predicted octanol–water partition coefficient (Wildman–Crippen LogP) is 5.64. The molecular formula is C22H23NO3. The number of carbonyl (C=O) groups excluding carboxylic acids is 1. The Morgan fingerprint density at radius 3 is 2.31 bits per heavy atom. The van der Waals surface area contributed by atoms with E-state index >= 15 is 0 Å². The third-order valence-electron chi connectivity index (χ3n) is 4.20. The Bertz CT molecular complexity index is 861. The molecule has 0 radical (unpaired) electrons. The van der Waals surface area contributed by atoms with Gasteiger partial charge in [0, 0.05) is 22.8 Å². The van der Waals surface area contributed by atoms with Gasteiger partial charge in [-0.05, 0) is 43.5 Å². The molecule has 0 saturated heterocycles. The Kier molecular flexibility index (Phi) is 5.52. The van der Waals surface area contributed by atoms with E-state index < -0.39 is 0 Å². The maximum atomic E-state index is 11.4. The van der Waals surface area contributed by atoms with E-state index in [4.69, 9.17) is 9.26 Å². The summed E-state index contributed by atoms with van der Waals surface area (Å²) < 4.78 is 11.2. The van der Waals surface area contributed by atoms with Gasteiger partial charge in [0.05, 0.1) is 6.61 Å². The number of hydrogen-bond acceptors (Lipinski definition) is 4. The Labute approximate surface area is 153 Å². The molecule has 134 valence electrons. The molecule has 0 amide bonds. The van der Waals surface area contributed by atoms with E-state index in [9.17, 15) is 4.79 Å². The molecule has 0 fully saturated rings. The van der Waals surface area contributed by atoms with Crippen molar-refractivity contribution in [1.29, 1.82) is 0 Å². The fourth-order valence-corrected chi connectivity index (χ4v) is 2.55. The number of nitrogens with zero attached hydrogens (tertiary/aromatic N) is 1. The monoisotopic (exact) mass is 349 g/mol. The third kappa shape index (κ3) is 4.39. The smallest absolute Gasteiger partial charge is 0.167 e. The SMILES string of the molecule is CC(=O)c1ccc(-c2cc(-c3ccc(OCCC(C)C)cc3)on2)cc1. The van der Waals surface area contributed by atoms with Gasteiger partial charge in [-0.15, -0.1) is 0 Å². The lowest BCUT2D eigenvalue weighted by atomic mass is 10.1. The van der Waals surface area contributed by atoms with Gasteiger partial charge in [-0.2, -0.15) is 0 Å². The van der Waals surface area contributed by atoms with Crippen LogP contribution in [0.1, 0.15) is 37.6 Å². The van der Waals surface area contributed by atoms with E-state index in [0.717, 1.165) is 35.6 Å². The average Bonchev–Trinajstić information content (AvgIpc) is 3.12. The minimum Gasteiger partial charge on any atom is -0.494 e. The molecule has 1 aromatic heterocycles. The van der Waals surface area contributed by atoms with Gasteiger partial charge in [-0.25, -0.2) is 0 Å². The number of carbonyl (C=O) groups is 1. The van der Waals surface area contributed by atoms with Crippen LogP contribution in [0.15, 0.2) is 59.1 Å². The summed E-state index contributed by atoms with van der Waals surface area (Å²) in [7, 11) is 0. The number of Topliss-reactive ketones (excluding diaryl/α,β-unsaturated/α-hetero) is 1. The molecule has 0 N–H and O–H groups in total. The number of rotatable bonds is 7. The fourth-order valence-electron chi connectivity index (χ4n) is 2.55. The highest BCUT2D eigenvalue weighted by Gasteiger charge is 2.09. The Hall–Kier alpha value is -2.88. The van der Waals surface area contributed by atoms with Crippen molar-refractivity contribution in [2.24, 2.45) is 5.92 Å². The lowest BCUT2D eigenvalue weighted by molar-refractivity contribution is 0.101. The van der Waals surface area contributed by atoms with Crippen molar-refractivity contribution < 1.29 is 14.1 Å². The van der Waals surface area contributed by atoms with Crippen molar-refractivity contribution >= 4 is 5.78 Å². The largest absolute Gasteiger partial charge is 0.494 e. The van der Waals surface area contributed by atoms with Crippen LogP contribution in [0.4, 0.5) is 0 Å². The van der Waals surface area contributed by atoms with Crippen LogP contribution < -0.4 is 4.74 Å². The second-order valence-corrected chi connectivity index (χ2v) is 6.77. The lowest BCUT2D eigenvalue weighted by Gasteiger charge is -2.08. The molecule has 0 bridgehead atoms. The van der Waals surface area contributed by atoms with Gasteiger partial charge in [0.1, 0.15) is 11.4 Å². The fraction of sp³-hybridized carbons (Fsp3) is 0.273. The zero-order valence-corrected chi connectivity index (χ0v) is 15.4. The van der Waals surface area contributed by atoms with Gasteiger partial charge >= 0.3 is 0 Å². The summed E-state index contributed by atoms with van der Waals surface area (Å²) in [5.41, 5.74) is 3.29. The summed E-state index contributed by atoms with van der Waals surface area (Å²) in [6.45, 7) is 6.64. The van der Waals surface area contributed by atoms with Gasteiger partial charge < -0.3 is 9.26 Å². The molecule has 0 saturated carbocycles. The highest BCUT2D eigenvalue weighted by atomic mass is 16.5. The lowest BCUT2D eigenvalue weighted by Crippen LogP contribution is -2.01. The van der Waals surface area contributed by atoms with E-state index in [-0.39, 0.29) is 5.78 Å². The molecule has 0 unspecified atom stereocenters. The molecule has 1 heterocycles. The molecule has 0 aliphatic carbocycles. The number of ketones is 1. The van der Waals surface area contributed by atoms with Crippen molar-refractivity contribution in [3.8, 4) is 28.3 Å². The van der Waals surface area contributed by atoms with Crippen molar-refractivity contribution in [3.63, 3.8) is 0 Å². The zero-order chi connectivity index (χ0) is 18.5. The average molecular weight is 349 g/mol. The van der Waals surface area contributed by atoms with Gasteiger partial charge in [-0.1, -0.05) is 43.3 Å². The van der Waals surface area contributed by atoms with Gasteiger partial charge in [0.15, 0.2) is 11.5 Å². The maximum absolute atomic E-state index is 11.4. The van der Waals surface area contributed by atoms with E-state index in [1.165, 1.54) is 0 Å². The molecule has 4 nitrogen and oxygen atoms in total. The minimum absolute atomic E-state index is 0.0492. The molecule has 0 atom stereocenters. The van der Waals surface area contributed by atoms with E-state index in [1.54, 1.807) is 19.1 Å². The first kappa shape index (κ1) is 17.9.